The van der Waals surface area contributed by atoms with Crippen LogP contribution in [0.5, 0.6) is 0 Å². The van der Waals surface area contributed by atoms with Crippen LogP contribution in [-0.2, 0) is 8.98 Å². The summed E-state index contributed by atoms with van der Waals surface area (Å²) in [6.07, 6.45) is 0. The smallest absolute Gasteiger partial charge is 0.331 e. The molecule has 4 heteroatoms. The second-order valence-electron chi connectivity index (χ2n) is 3.70. The van der Waals surface area contributed by atoms with E-state index in [1.165, 1.54) is 13.8 Å². The number of benzene rings is 1. The first-order valence-corrected chi connectivity index (χ1v) is 4.82. The first-order valence-electron chi connectivity index (χ1n) is 4.46. The Morgan fingerprint density at radius 1 is 1.20 bits per heavy atom. The summed E-state index contributed by atoms with van der Waals surface area (Å²) in [5.74, 6) is -0.929. The van der Waals surface area contributed by atoms with Crippen molar-refractivity contribution in [2.45, 2.75) is 13.8 Å². The molecule has 3 nitrogen and oxygen atoms in total. The van der Waals surface area contributed by atoms with Gasteiger partial charge >= 0.3 is 5.97 Å². The fourth-order valence-electron chi connectivity index (χ4n) is 1.16. The van der Waals surface area contributed by atoms with Gasteiger partial charge in [0.2, 0.25) is 0 Å². The Kier molecular flexibility index (Phi) is 3.52. The van der Waals surface area contributed by atoms with Gasteiger partial charge in [-0.25, -0.2) is 4.79 Å². The van der Waals surface area contributed by atoms with Gasteiger partial charge in [-0.15, -0.1) is 0 Å². The molecule has 1 aromatic carbocycles. The average molecular weight is 224 g/mol. The zero-order valence-corrected chi connectivity index (χ0v) is 9.45. The Labute approximate surface area is 94.1 Å². The van der Waals surface area contributed by atoms with Gasteiger partial charge in [0, 0.05) is 18.5 Å². The lowest BCUT2D eigenvalue weighted by atomic mass is 9.84. The van der Waals surface area contributed by atoms with E-state index >= 15 is 0 Å². The first-order chi connectivity index (χ1) is 7.00. The van der Waals surface area contributed by atoms with Crippen LogP contribution in [0.3, 0.4) is 0 Å². The summed E-state index contributed by atoms with van der Waals surface area (Å²) in [6, 6.07) is 8.62. The average Bonchev–Trinajstić information content (AvgIpc) is 2.28. The predicted molar refractivity (Wildman–Crippen MR) is 59.6 cm³/mol. The van der Waals surface area contributed by atoms with Gasteiger partial charge in [0.15, 0.2) is 5.78 Å². The molecule has 15 heavy (non-hydrogen) atoms. The fraction of sp³-hybridized carbons (Fsp3) is 0.273. The highest BCUT2D eigenvalue weighted by Crippen LogP contribution is 2.24. The predicted octanol–water partition coefficient (Wildman–Crippen LogP) is 2.28. The summed E-state index contributed by atoms with van der Waals surface area (Å²) >= 11 is 3.41. The Bertz CT molecular complexity index is 371. The van der Waals surface area contributed by atoms with Crippen LogP contribution < -0.4 is 0 Å². The molecule has 0 saturated heterocycles. The molecule has 0 aliphatic rings. The third kappa shape index (κ3) is 2.39. The molecular formula is C11H12O3S. The van der Waals surface area contributed by atoms with Gasteiger partial charge in [-0.2, -0.15) is 0 Å². The van der Waals surface area contributed by atoms with Crippen molar-refractivity contribution in [1.29, 1.82) is 0 Å². The number of ketones is 1. The molecule has 1 aromatic rings. The molecule has 0 saturated carbocycles. The third-order valence-electron chi connectivity index (χ3n) is 2.20. The maximum atomic E-state index is 11.9. The van der Waals surface area contributed by atoms with Gasteiger partial charge in [-0.05, 0) is 13.8 Å². The van der Waals surface area contributed by atoms with Crippen molar-refractivity contribution in [3.63, 3.8) is 0 Å². The Hall–Kier alpha value is -1.29. The molecule has 0 radical (unpaired) electrons. The molecule has 0 fully saturated rings. The second-order valence-corrected chi connectivity index (χ2v) is 3.88. The second kappa shape index (κ2) is 4.49. The number of carbonyl (C=O) groups is 2. The minimum atomic E-state index is -1.21. The Balaban J connectivity index is 3.00. The summed E-state index contributed by atoms with van der Waals surface area (Å²) in [6.45, 7) is 3.03. The standard InChI is InChI=1S/C11H12O3S/c1-11(2,10(13)14-15)9(12)8-6-4-3-5-7-8/h3-7,15H,1-2H3. The van der Waals surface area contributed by atoms with Gasteiger partial charge in [-0.1, -0.05) is 30.3 Å². The maximum absolute atomic E-state index is 11.9. The SMILES string of the molecule is CC(C)(C(=O)OS)C(=O)c1ccccc1. The highest BCUT2D eigenvalue weighted by Gasteiger charge is 2.37. The topological polar surface area (TPSA) is 43.4 Å². The van der Waals surface area contributed by atoms with E-state index < -0.39 is 11.4 Å². The number of thiol groups is 1. The monoisotopic (exact) mass is 224 g/mol. The summed E-state index contributed by atoms with van der Waals surface area (Å²) in [5.41, 5.74) is -0.718. The van der Waals surface area contributed by atoms with Crippen molar-refractivity contribution in [3.05, 3.63) is 35.9 Å². The van der Waals surface area contributed by atoms with Crippen LogP contribution >= 0.6 is 12.9 Å². The normalized spacial score (nSPS) is 10.9. The molecule has 0 amide bonds. The molecule has 0 aliphatic heterocycles. The first kappa shape index (κ1) is 11.8. The maximum Gasteiger partial charge on any atom is 0.331 e. The van der Waals surface area contributed by atoms with E-state index in [9.17, 15) is 9.59 Å². The fourth-order valence-corrected chi connectivity index (χ4v) is 1.39. The van der Waals surface area contributed by atoms with Crippen molar-refractivity contribution in [1.82, 2.24) is 0 Å². The van der Waals surface area contributed by atoms with E-state index in [-0.39, 0.29) is 5.78 Å². The Morgan fingerprint density at radius 3 is 2.20 bits per heavy atom. The van der Waals surface area contributed by atoms with Gasteiger partial charge in [0.05, 0.1) is 0 Å². The number of rotatable bonds is 3. The van der Waals surface area contributed by atoms with Crippen LogP contribution in [0.4, 0.5) is 0 Å². The number of hydrogen-bond donors (Lipinski definition) is 1. The molecule has 80 valence electrons. The molecule has 0 spiro atoms. The zero-order chi connectivity index (χ0) is 11.5. The van der Waals surface area contributed by atoms with E-state index in [2.05, 4.69) is 17.1 Å². The van der Waals surface area contributed by atoms with Gasteiger partial charge in [0.25, 0.3) is 0 Å². The third-order valence-corrected chi connectivity index (χ3v) is 2.36. The molecule has 0 aliphatic carbocycles. The van der Waals surface area contributed by atoms with Gasteiger partial charge < -0.3 is 4.18 Å². The molecule has 0 N–H and O–H groups in total. The quantitative estimate of drug-likeness (QED) is 0.371. The van der Waals surface area contributed by atoms with E-state index in [0.29, 0.717) is 5.56 Å². The van der Waals surface area contributed by atoms with Crippen LogP contribution in [0.2, 0.25) is 0 Å². The number of carbonyl (C=O) groups excluding carboxylic acids is 2. The van der Waals surface area contributed by atoms with Crippen molar-refractivity contribution in [3.8, 4) is 0 Å². The molecule has 1 rings (SSSR count). The van der Waals surface area contributed by atoms with Crippen molar-refractivity contribution in [2.75, 3.05) is 0 Å². The molecule has 0 bridgehead atoms. The van der Waals surface area contributed by atoms with Crippen LogP contribution in [-0.4, -0.2) is 11.8 Å². The minimum Gasteiger partial charge on any atom is -0.394 e. The zero-order valence-electron chi connectivity index (χ0n) is 8.56. The number of hydrogen-bond acceptors (Lipinski definition) is 4. The molecular weight excluding hydrogens is 212 g/mol. The summed E-state index contributed by atoms with van der Waals surface area (Å²) in [7, 11) is 0. The van der Waals surface area contributed by atoms with Crippen LogP contribution in [0.25, 0.3) is 0 Å². The van der Waals surface area contributed by atoms with Crippen LogP contribution in [0.1, 0.15) is 24.2 Å². The van der Waals surface area contributed by atoms with Crippen molar-refractivity contribution >= 4 is 24.7 Å². The molecule has 0 atom stereocenters. The number of Topliss-reactive ketones (excluding diaryl/α,β-unsaturated/α-hetero) is 1. The molecule has 0 aromatic heterocycles. The lowest BCUT2D eigenvalue weighted by molar-refractivity contribution is -0.139. The summed E-state index contributed by atoms with van der Waals surface area (Å²) in [5, 5.41) is 0. The minimum absolute atomic E-state index is 0.276. The highest BCUT2D eigenvalue weighted by atomic mass is 32.1. The lowest BCUT2D eigenvalue weighted by Crippen LogP contribution is -2.33. The van der Waals surface area contributed by atoms with Crippen molar-refractivity contribution in [2.24, 2.45) is 5.41 Å². The van der Waals surface area contributed by atoms with Gasteiger partial charge in [-0.3, -0.25) is 4.79 Å². The van der Waals surface area contributed by atoms with Crippen LogP contribution in [0, 0.1) is 5.41 Å². The van der Waals surface area contributed by atoms with Crippen molar-refractivity contribution < 1.29 is 13.8 Å². The molecule has 0 unspecified atom stereocenters. The summed E-state index contributed by atoms with van der Waals surface area (Å²) < 4.78 is 4.29. The van der Waals surface area contributed by atoms with E-state index in [1.54, 1.807) is 30.3 Å². The lowest BCUT2D eigenvalue weighted by Gasteiger charge is -2.18. The largest absolute Gasteiger partial charge is 0.394 e. The highest BCUT2D eigenvalue weighted by molar-refractivity contribution is 7.75. The Morgan fingerprint density at radius 2 is 1.73 bits per heavy atom. The van der Waals surface area contributed by atoms with E-state index in [1.807, 2.05) is 0 Å². The van der Waals surface area contributed by atoms with E-state index in [0.717, 1.165) is 0 Å². The summed E-state index contributed by atoms with van der Waals surface area (Å²) in [4.78, 5) is 23.3. The molecule has 0 heterocycles. The van der Waals surface area contributed by atoms with Crippen LogP contribution in [0.15, 0.2) is 30.3 Å². The van der Waals surface area contributed by atoms with Gasteiger partial charge in [0.1, 0.15) is 5.41 Å². The van der Waals surface area contributed by atoms with E-state index in [4.69, 9.17) is 0 Å².